The molecule has 3 heteroatoms. The molecule has 9 heavy (non-hydrogen) atoms. The van der Waals surface area contributed by atoms with Gasteiger partial charge in [-0.1, -0.05) is 19.3 Å². The Balaban J connectivity index is 0.000000291. The van der Waals surface area contributed by atoms with Gasteiger partial charge >= 0.3 is 27.0 Å². The summed E-state index contributed by atoms with van der Waals surface area (Å²) in [4.78, 5) is 3.76. The van der Waals surface area contributed by atoms with Gasteiger partial charge in [0.2, 0.25) is 0 Å². The number of nitrogens with zero attached hydrogens (tertiary/aromatic N) is 1. The van der Waals surface area contributed by atoms with Crippen LogP contribution in [-0.2, 0) is 17.3 Å². The van der Waals surface area contributed by atoms with Crippen molar-refractivity contribution >= 4 is 9.69 Å². The van der Waals surface area contributed by atoms with Crippen molar-refractivity contribution < 1.29 is 17.3 Å². The van der Waals surface area contributed by atoms with Crippen molar-refractivity contribution in [3.63, 3.8) is 0 Å². The van der Waals surface area contributed by atoms with Gasteiger partial charge in [-0.05, 0) is 0 Å². The molecule has 0 bridgehead atoms. The van der Waals surface area contributed by atoms with Crippen LogP contribution in [0.25, 0.3) is 0 Å². The zero-order valence-corrected chi connectivity index (χ0v) is 8.99. The number of hydrogen-bond acceptors (Lipinski definition) is 1. The van der Waals surface area contributed by atoms with Crippen LogP contribution < -0.4 is 0 Å². The van der Waals surface area contributed by atoms with E-state index in [1.807, 2.05) is 19.1 Å². The quantitative estimate of drug-likeness (QED) is 0.452. The molecule has 0 radical (unpaired) electrons. The van der Waals surface area contributed by atoms with Crippen molar-refractivity contribution in [2.24, 2.45) is 0 Å². The van der Waals surface area contributed by atoms with Crippen molar-refractivity contribution in [3.8, 4) is 0 Å². The molecule has 1 heterocycles. The van der Waals surface area contributed by atoms with E-state index in [0.29, 0.717) is 0 Å². The van der Waals surface area contributed by atoms with Crippen molar-refractivity contribution in [3.05, 3.63) is 30.1 Å². The molecule has 0 unspecified atom stereocenters. The average Bonchev–Trinajstić information content (AvgIpc) is 1.94. The van der Waals surface area contributed by atoms with Gasteiger partial charge in [0, 0.05) is 0 Å². The number of halogens is 1. The fourth-order valence-corrected chi connectivity index (χ4v) is 0.407. The van der Waals surface area contributed by atoms with Crippen LogP contribution in [0, 0.1) is 13.1 Å². The standard InChI is InChI=1S/C6H6N.ClH.Zn/c1-6-3-2-4-7-5-6;;/h2-4H,1H3;1H;/q-1;;+2/p-1. The Hall–Kier alpha value is 0.0634. The first-order chi connectivity index (χ1) is 4.39. The summed E-state index contributed by atoms with van der Waals surface area (Å²) >= 11 is 0.847. The molecule has 0 saturated heterocycles. The summed E-state index contributed by atoms with van der Waals surface area (Å²) in [6.45, 7) is 1.97. The zero-order valence-electron chi connectivity index (χ0n) is 5.26. The maximum absolute atomic E-state index is 4.76. The van der Waals surface area contributed by atoms with Crippen LogP contribution in [-0.4, -0.2) is 4.98 Å². The van der Waals surface area contributed by atoms with Crippen LogP contribution >= 0.6 is 9.69 Å². The van der Waals surface area contributed by atoms with Crippen molar-refractivity contribution in [1.29, 1.82) is 0 Å². The number of rotatable bonds is 0. The monoisotopic (exact) mass is 191 g/mol. The first-order valence-corrected chi connectivity index (χ1v) is 6.35. The minimum atomic E-state index is 0.847. The summed E-state index contributed by atoms with van der Waals surface area (Å²) in [5, 5.41) is 0. The minimum absolute atomic E-state index is 0.847. The van der Waals surface area contributed by atoms with E-state index in [-0.39, 0.29) is 0 Å². The molecule has 1 nitrogen and oxygen atoms in total. The maximum atomic E-state index is 4.76. The molecule has 0 saturated carbocycles. The molecule has 0 aromatic carbocycles. The molecule has 44 valence electrons. The van der Waals surface area contributed by atoms with Crippen LogP contribution in [0.5, 0.6) is 0 Å². The van der Waals surface area contributed by atoms with E-state index in [1.54, 1.807) is 6.20 Å². The van der Waals surface area contributed by atoms with E-state index in [4.69, 9.17) is 9.69 Å². The predicted molar refractivity (Wildman–Crippen MR) is 33.7 cm³/mol. The van der Waals surface area contributed by atoms with Crippen molar-refractivity contribution in [2.75, 3.05) is 0 Å². The molecule has 0 aliphatic carbocycles. The molecule has 0 atom stereocenters. The summed E-state index contributed by atoms with van der Waals surface area (Å²) in [5.41, 5.74) is 1.09. The molecule has 1 aromatic rings. The second kappa shape index (κ2) is 6.19. The van der Waals surface area contributed by atoms with Gasteiger partial charge in [-0.2, -0.15) is 12.1 Å². The number of aromatic nitrogens is 1. The van der Waals surface area contributed by atoms with Crippen LogP contribution in [0.2, 0.25) is 0 Å². The van der Waals surface area contributed by atoms with E-state index in [0.717, 1.165) is 22.9 Å². The SMILES string of the molecule is Cc1[c-]nccc1.[Cl][Zn+]. The average molecular weight is 193 g/mol. The van der Waals surface area contributed by atoms with Gasteiger partial charge in [0.1, 0.15) is 0 Å². The van der Waals surface area contributed by atoms with Gasteiger partial charge in [-0.3, -0.25) is 0 Å². The van der Waals surface area contributed by atoms with Crippen molar-refractivity contribution in [1.82, 2.24) is 4.98 Å². The Morgan fingerprint density at radius 1 is 1.67 bits per heavy atom. The third-order valence-corrected chi connectivity index (χ3v) is 0.748. The number of pyridine rings is 1. The van der Waals surface area contributed by atoms with Gasteiger partial charge in [0.05, 0.1) is 0 Å². The molecule has 0 fully saturated rings. The second-order valence-electron chi connectivity index (χ2n) is 1.43. The van der Waals surface area contributed by atoms with E-state index >= 15 is 0 Å². The Kier molecular flexibility index (Phi) is 6.23. The number of aryl methyl sites for hydroxylation is 1. The molecule has 0 amide bonds. The van der Waals surface area contributed by atoms with Crippen LogP contribution in [0.15, 0.2) is 18.3 Å². The molecular weight excluding hydrogens is 187 g/mol. The third-order valence-electron chi connectivity index (χ3n) is 0.748. The first-order valence-electron chi connectivity index (χ1n) is 2.45. The topological polar surface area (TPSA) is 12.9 Å². The first kappa shape index (κ1) is 9.06. The molecule has 0 aliphatic rings. The molecule has 0 aliphatic heterocycles. The van der Waals surface area contributed by atoms with E-state index in [2.05, 4.69) is 11.2 Å². The van der Waals surface area contributed by atoms with Crippen LogP contribution in [0.3, 0.4) is 0 Å². The summed E-state index contributed by atoms with van der Waals surface area (Å²) in [7, 11) is 4.76. The Bertz CT molecular complexity index is 143. The van der Waals surface area contributed by atoms with E-state index < -0.39 is 0 Å². The second-order valence-corrected chi connectivity index (χ2v) is 1.43. The Morgan fingerprint density at radius 3 is 2.56 bits per heavy atom. The van der Waals surface area contributed by atoms with Crippen LogP contribution in [0.1, 0.15) is 5.56 Å². The van der Waals surface area contributed by atoms with Gasteiger partial charge in [0.15, 0.2) is 0 Å². The normalized spacial score (nSPS) is 7.56. The zero-order chi connectivity index (χ0) is 7.11. The molecule has 0 spiro atoms. The van der Waals surface area contributed by atoms with Crippen LogP contribution in [0.4, 0.5) is 0 Å². The third kappa shape index (κ3) is 4.56. The molecule has 1 aromatic heterocycles. The fourth-order valence-electron chi connectivity index (χ4n) is 0.407. The summed E-state index contributed by atoms with van der Waals surface area (Å²) in [5.74, 6) is 0. The summed E-state index contributed by atoms with van der Waals surface area (Å²) < 4.78 is 0. The van der Waals surface area contributed by atoms with Gasteiger partial charge in [-0.25, -0.2) is 0 Å². The molecular formula is C6H6ClNZn. The fraction of sp³-hybridized carbons (Fsp3) is 0.167. The van der Waals surface area contributed by atoms with Crippen molar-refractivity contribution in [2.45, 2.75) is 6.92 Å². The van der Waals surface area contributed by atoms with Gasteiger partial charge in [0.25, 0.3) is 0 Å². The van der Waals surface area contributed by atoms with Gasteiger partial charge < -0.3 is 4.98 Å². The van der Waals surface area contributed by atoms with Gasteiger partial charge in [-0.15, -0.1) is 5.56 Å². The summed E-state index contributed by atoms with van der Waals surface area (Å²) in [6, 6.07) is 3.86. The molecule has 0 N–H and O–H groups in total. The van der Waals surface area contributed by atoms with E-state index in [9.17, 15) is 0 Å². The Morgan fingerprint density at radius 2 is 2.33 bits per heavy atom. The Labute approximate surface area is 69.2 Å². The summed E-state index contributed by atoms with van der Waals surface area (Å²) in [6.07, 6.45) is 4.50. The molecule has 1 rings (SSSR count). The number of hydrogen-bond donors (Lipinski definition) is 0. The predicted octanol–water partition coefficient (Wildman–Crippen LogP) is 1.88. The van der Waals surface area contributed by atoms with E-state index in [1.165, 1.54) is 0 Å².